The van der Waals surface area contributed by atoms with Gasteiger partial charge >= 0.3 is 5.97 Å². The lowest BCUT2D eigenvalue weighted by molar-refractivity contribution is 0.0702. The predicted molar refractivity (Wildman–Crippen MR) is 49.3 cm³/mol. The molecule has 2 heterocycles. The van der Waals surface area contributed by atoms with E-state index < -0.39 is 5.97 Å². The number of carboxylic acids is 1. The fraction of sp³-hybridized carbons (Fsp3) is 0.500. The molecule has 0 bridgehead atoms. The second-order valence-electron chi connectivity index (χ2n) is 3.06. The number of nitrogens with zero attached hydrogens (tertiary/aromatic N) is 1. The van der Waals surface area contributed by atoms with Crippen LogP contribution in [0, 0.1) is 0 Å². The van der Waals surface area contributed by atoms with Gasteiger partial charge < -0.3 is 10.4 Å². The van der Waals surface area contributed by atoms with Crippen molar-refractivity contribution in [1.29, 1.82) is 0 Å². The van der Waals surface area contributed by atoms with Crippen molar-refractivity contribution in [3.8, 4) is 0 Å². The summed E-state index contributed by atoms with van der Waals surface area (Å²) in [6.07, 6.45) is 2.51. The Morgan fingerprint density at radius 2 is 2.62 bits per heavy atom. The molecule has 1 unspecified atom stereocenters. The molecule has 1 aromatic rings. The third-order valence-corrected chi connectivity index (χ3v) is 3.29. The van der Waals surface area contributed by atoms with Crippen LogP contribution in [0.3, 0.4) is 0 Å². The minimum absolute atomic E-state index is 0.335. The Morgan fingerprint density at radius 1 is 1.77 bits per heavy atom. The summed E-state index contributed by atoms with van der Waals surface area (Å²) in [4.78, 5) is 15.0. The molecule has 70 valence electrons. The zero-order valence-electron chi connectivity index (χ0n) is 6.99. The average molecular weight is 198 g/mol. The van der Waals surface area contributed by atoms with Crippen molar-refractivity contribution in [3.63, 3.8) is 0 Å². The van der Waals surface area contributed by atoms with Crippen LogP contribution < -0.4 is 5.32 Å². The van der Waals surface area contributed by atoms with Crippen molar-refractivity contribution >= 4 is 17.3 Å². The van der Waals surface area contributed by atoms with Crippen LogP contribution in [0.5, 0.6) is 0 Å². The topological polar surface area (TPSA) is 62.2 Å². The van der Waals surface area contributed by atoms with E-state index in [4.69, 9.17) is 5.11 Å². The third-order valence-electron chi connectivity index (χ3n) is 2.14. The molecule has 1 fully saturated rings. The summed E-state index contributed by atoms with van der Waals surface area (Å²) in [5.41, 5.74) is 0. The van der Waals surface area contributed by atoms with Crippen LogP contribution in [0.1, 0.15) is 27.0 Å². The van der Waals surface area contributed by atoms with Crippen molar-refractivity contribution in [3.05, 3.63) is 16.1 Å². The molecule has 0 aliphatic carbocycles. The van der Waals surface area contributed by atoms with Gasteiger partial charge in [-0.05, 0) is 13.0 Å². The fourth-order valence-electron chi connectivity index (χ4n) is 1.44. The summed E-state index contributed by atoms with van der Waals surface area (Å²) in [5, 5.41) is 12.9. The largest absolute Gasteiger partial charge is 0.477 e. The monoisotopic (exact) mass is 198 g/mol. The van der Waals surface area contributed by atoms with E-state index >= 15 is 0 Å². The number of aromatic nitrogens is 1. The first kappa shape index (κ1) is 8.65. The van der Waals surface area contributed by atoms with Crippen LogP contribution in [-0.2, 0) is 0 Å². The lowest BCUT2D eigenvalue weighted by Crippen LogP contribution is -2.07. The number of hydrogen-bond donors (Lipinski definition) is 2. The summed E-state index contributed by atoms with van der Waals surface area (Å²) < 4.78 is 0. The molecule has 1 saturated heterocycles. The fourth-order valence-corrected chi connectivity index (χ4v) is 2.33. The maximum absolute atomic E-state index is 10.6. The van der Waals surface area contributed by atoms with Crippen LogP contribution in [0.4, 0.5) is 0 Å². The molecule has 0 radical (unpaired) electrons. The first-order valence-corrected chi connectivity index (χ1v) is 4.99. The van der Waals surface area contributed by atoms with Gasteiger partial charge in [0.05, 0.1) is 11.2 Å². The van der Waals surface area contributed by atoms with Crippen molar-refractivity contribution in [2.45, 2.75) is 12.3 Å². The van der Waals surface area contributed by atoms with Gasteiger partial charge in [-0.1, -0.05) is 0 Å². The molecular formula is C8H10N2O2S. The van der Waals surface area contributed by atoms with Gasteiger partial charge in [0.1, 0.15) is 4.88 Å². The predicted octanol–water partition coefficient (Wildman–Crippen LogP) is 0.918. The van der Waals surface area contributed by atoms with Crippen LogP contribution in [0.25, 0.3) is 0 Å². The Hall–Kier alpha value is -0.940. The lowest BCUT2D eigenvalue weighted by atomic mass is 10.1. The minimum atomic E-state index is -0.880. The molecule has 2 rings (SSSR count). The Bertz CT molecular complexity index is 318. The normalized spacial score (nSPS) is 22.0. The summed E-state index contributed by atoms with van der Waals surface area (Å²) >= 11 is 1.29. The molecule has 1 aromatic heterocycles. The molecular weight excluding hydrogens is 188 g/mol. The maximum Gasteiger partial charge on any atom is 0.347 e. The van der Waals surface area contributed by atoms with E-state index in [9.17, 15) is 4.79 Å². The number of aromatic carboxylic acids is 1. The van der Waals surface area contributed by atoms with Gasteiger partial charge in [0.2, 0.25) is 0 Å². The van der Waals surface area contributed by atoms with Gasteiger partial charge in [-0.2, -0.15) is 0 Å². The number of thiazole rings is 1. The van der Waals surface area contributed by atoms with Gasteiger partial charge in [-0.15, -0.1) is 11.3 Å². The second-order valence-corrected chi connectivity index (χ2v) is 4.12. The third kappa shape index (κ3) is 1.71. The molecule has 1 aliphatic rings. The Labute approximate surface area is 79.6 Å². The molecule has 0 spiro atoms. The summed E-state index contributed by atoms with van der Waals surface area (Å²) in [7, 11) is 0. The standard InChI is InChI=1S/C8H10N2O2S/c11-8(12)6-4-10-7(13-6)5-1-2-9-3-5/h4-5,9H,1-3H2,(H,11,12). The highest BCUT2D eigenvalue weighted by molar-refractivity contribution is 7.13. The van der Waals surface area contributed by atoms with E-state index in [0.29, 0.717) is 10.8 Å². The number of rotatable bonds is 2. The van der Waals surface area contributed by atoms with Gasteiger partial charge in [-0.3, -0.25) is 0 Å². The summed E-state index contributed by atoms with van der Waals surface area (Å²) in [5.74, 6) is -0.465. The number of carboxylic acid groups (broad SMARTS) is 1. The molecule has 2 N–H and O–H groups in total. The zero-order valence-corrected chi connectivity index (χ0v) is 7.80. The van der Waals surface area contributed by atoms with Crippen LogP contribution in [0.15, 0.2) is 6.20 Å². The van der Waals surface area contributed by atoms with Crippen LogP contribution >= 0.6 is 11.3 Å². The van der Waals surface area contributed by atoms with Crippen LogP contribution in [0.2, 0.25) is 0 Å². The van der Waals surface area contributed by atoms with Crippen LogP contribution in [-0.4, -0.2) is 29.1 Å². The Balaban J connectivity index is 2.16. The average Bonchev–Trinajstić information content (AvgIpc) is 2.75. The molecule has 0 amide bonds. The van der Waals surface area contributed by atoms with E-state index in [0.717, 1.165) is 24.5 Å². The maximum atomic E-state index is 10.6. The van der Waals surface area contributed by atoms with E-state index in [1.807, 2.05) is 0 Å². The summed E-state index contributed by atoms with van der Waals surface area (Å²) in [6, 6.07) is 0. The second kappa shape index (κ2) is 3.43. The SMILES string of the molecule is O=C(O)c1cnc(C2CCNC2)s1. The number of nitrogens with one attached hydrogen (secondary N) is 1. The lowest BCUT2D eigenvalue weighted by Gasteiger charge is -2.00. The smallest absolute Gasteiger partial charge is 0.347 e. The highest BCUT2D eigenvalue weighted by Gasteiger charge is 2.20. The van der Waals surface area contributed by atoms with Gasteiger partial charge in [0, 0.05) is 12.5 Å². The summed E-state index contributed by atoms with van der Waals surface area (Å²) in [6.45, 7) is 1.93. The van der Waals surface area contributed by atoms with Gasteiger partial charge in [0.15, 0.2) is 0 Å². The van der Waals surface area contributed by atoms with Gasteiger partial charge in [0.25, 0.3) is 0 Å². The molecule has 0 aromatic carbocycles. The first-order chi connectivity index (χ1) is 6.27. The highest BCUT2D eigenvalue weighted by atomic mass is 32.1. The Kier molecular flexibility index (Phi) is 2.28. The molecule has 4 nitrogen and oxygen atoms in total. The van der Waals surface area contributed by atoms with E-state index in [2.05, 4.69) is 10.3 Å². The highest BCUT2D eigenvalue weighted by Crippen LogP contribution is 2.26. The quantitative estimate of drug-likeness (QED) is 0.741. The number of carbonyl (C=O) groups is 1. The van der Waals surface area contributed by atoms with Gasteiger partial charge in [-0.25, -0.2) is 9.78 Å². The van der Waals surface area contributed by atoms with Crippen molar-refractivity contribution < 1.29 is 9.90 Å². The first-order valence-electron chi connectivity index (χ1n) is 4.17. The molecule has 5 heteroatoms. The van der Waals surface area contributed by atoms with E-state index in [-0.39, 0.29) is 0 Å². The molecule has 0 saturated carbocycles. The van der Waals surface area contributed by atoms with Crippen molar-refractivity contribution in [1.82, 2.24) is 10.3 Å². The van der Waals surface area contributed by atoms with Crippen molar-refractivity contribution in [2.75, 3.05) is 13.1 Å². The molecule has 1 aliphatic heterocycles. The zero-order chi connectivity index (χ0) is 9.26. The van der Waals surface area contributed by atoms with E-state index in [1.54, 1.807) is 0 Å². The molecule has 1 atom stereocenters. The minimum Gasteiger partial charge on any atom is -0.477 e. The van der Waals surface area contributed by atoms with E-state index in [1.165, 1.54) is 17.5 Å². The van der Waals surface area contributed by atoms with Crippen molar-refractivity contribution in [2.24, 2.45) is 0 Å². The number of hydrogen-bond acceptors (Lipinski definition) is 4. The Morgan fingerprint density at radius 3 is 3.15 bits per heavy atom. The molecule has 13 heavy (non-hydrogen) atoms.